The molecule has 1 aliphatic heterocycles. The summed E-state index contributed by atoms with van der Waals surface area (Å²) >= 11 is 0. The molecule has 1 amide bonds. The summed E-state index contributed by atoms with van der Waals surface area (Å²) in [7, 11) is -4.19. The number of nitrogens with two attached hydrogens (primary N) is 2. The maximum Gasteiger partial charge on any atom is 0.250 e. The van der Waals surface area contributed by atoms with Crippen molar-refractivity contribution in [3.8, 4) is 0 Å². The zero-order valence-electron chi connectivity index (χ0n) is 16.4. The van der Waals surface area contributed by atoms with E-state index in [4.69, 9.17) is 16.2 Å². The molecule has 0 saturated carbocycles. The summed E-state index contributed by atoms with van der Waals surface area (Å²) in [5.74, 6) is -1.71. The number of carbonyl (C=O) groups excluding carboxylic acids is 1. The molecule has 2 aromatic heterocycles. The number of nitrogens with one attached hydrogen (secondary N) is 1. The maximum absolute atomic E-state index is 12.4. The summed E-state index contributed by atoms with van der Waals surface area (Å²) in [5, 5.41) is 20.7. The summed E-state index contributed by atoms with van der Waals surface area (Å²) in [6, 6.07) is -1.00. The average Bonchev–Trinajstić information content (AvgIpc) is 3.23. The fourth-order valence-corrected chi connectivity index (χ4v) is 4.38. The summed E-state index contributed by atoms with van der Waals surface area (Å²) in [5.41, 5.74) is 12.0. The van der Waals surface area contributed by atoms with Gasteiger partial charge in [-0.15, -0.1) is 0 Å². The average molecular weight is 443 g/mol. The second kappa shape index (κ2) is 8.39. The molecule has 1 saturated heterocycles. The van der Waals surface area contributed by atoms with Gasteiger partial charge < -0.3 is 26.4 Å². The summed E-state index contributed by atoms with van der Waals surface area (Å²) in [6.45, 7) is 3.56. The lowest BCUT2D eigenvalue weighted by Gasteiger charge is -2.19. The molecule has 6 atom stereocenters. The molecule has 0 aliphatic carbocycles. The normalized spacial score (nSPS) is 26.6. The number of hydrogen-bond donors (Lipinski definition) is 5. The SMILES string of the molecule is CC[C@H](C)[C@H](N)C(=O)NS(=O)(=O)C[C@H]1O[C@@H](n2cnc3c(N)ncnc32)[C@H](O)[C@@H]1O. The zero-order chi connectivity index (χ0) is 22.2. The monoisotopic (exact) mass is 443 g/mol. The molecule has 3 heterocycles. The predicted molar refractivity (Wildman–Crippen MR) is 105 cm³/mol. The van der Waals surface area contributed by atoms with Gasteiger partial charge in [0, 0.05) is 0 Å². The number of amides is 1. The maximum atomic E-state index is 12.4. The number of sulfonamides is 1. The van der Waals surface area contributed by atoms with Crippen LogP contribution in [0.2, 0.25) is 0 Å². The lowest BCUT2D eigenvalue weighted by Crippen LogP contribution is -2.49. The van der Waals surface area contributed by atoms with Crippen LogP contribution in [-0.4, -0.2) is 74.2 Å². The van der Waals surface area contributed by atoms with E-state index in [0.717, 1.165) is 0 Å². The Labute approximate surface area is 172 Å². The number of imidazole rings is 1. The number of ether oxygens (including phenoxy) is 1. The van der Waals surface area contributed by atoms with Crippen LogP contribution in [-0.2, 0) is 19.6 Å². The summed E-state index contributed by atoms with van der Waals surface area (Å²) < 4.78 is 33.6. The van der Waals surface area contributed by atoms with Gasteiger partial charge in [-0.3, -0.25) is 14.1 Å². The number of hydrogen-bond acceptors (Lipinski definition) is 11. The number of aromatic nitrogens is 4. The highest BCUT2D eigenvalue weighted by atomic mass is 32.2. The van der Waals surface area contributed by atoms with E-state index < -0.39 is 52.3 Å². The molecular formula is C16H25N7O6S. The van der Waals surface area contributed by atoms with E-state index in [-0.39, 0.29) is 22.9 Å². The van der Waals surface area contributed by atoms with Gasteiger partial charge in [0.1, 0.15) is 30.2 Å². The Morgan fingerprint density at radius 1 is 1.33 bits per heavy atom. The van der Waals surface area contributed by atoms with Crippen molar-refractivity contribution in [3.63, 3.8) is 0 Å². The van der Waals surface area contributed by atoms with Crippen LogP contribution in [0.1, 0.15) is 26.5 Å². The number of rotatable bonds is 7. The number of anilines is 1. The molecule has 0 spiro atoms. The van der Waals surface area contributed by atoms with Gasteiger partial charge in [-0.25, -0.2) is 23.4 Å². The molecule has 3 rings (SSSR count). The van der Waals surface area contributed by atoms with Crippen LogP contribution in [0, 0.1) is 5.92 Å². The molecule has 30 heavy (non-hydrogen) atoms. The van der Waals surface area contributed by atoms with Crippen molar-refractivity contribution in [2.24, 2.45) is 11.7 Å². The molecule has 166 valence electrons. The van der Waals surface area contributed by atoms with Crippen LogP contribution in [0.3, 0.4) is 0 Å². The number of aliphatic hydroxyl groups is 2. The predicted octanol–water partition coefficient (Wildman–Crippen LogP) is -2.15. The van der Waals surface area contributed by atoms with Crippen LogP contribution in [0.4, 0.5) is 5.82 Å². The molecule has 0 aromatic carbocycles. The highest BCUT2D eigenvalue weighted by Gasteiger charge is 2.46. The van der Waals surface area contributed by atoms with Crippen molar-refractivity contribution < 1.29 is 28.2 Å². The molecule has 0 radical (unpaired) electrons. The molecule has 13 nitrogen and oxygen atoms in total. The lowest BCUT2D eigenvalue weighted by atomic mass is 10.00. The van der Waals surface area contributed by atoms with Gasteiger partial charge >= 0.3 is 0 Å². The van der Waals surface area contributed by atoms with Crippen molar-refractivity contribution in [1.29, 1.82) is 0 Å². The third kappa shape index (κ3) is 4.22. The van der Waals surface area contributed by atoms with Gasteiger partial charge in [-0.05, 0) is 5.92 Å². The number of nitrogen functional groups attached to an aromatic ring is 1. The first-order valence-corrected chi connectivity index (χ1v) is 11.0. The van der Waals surface area contributed by atoms with Gasteiger partial charge in [-0.1, -0.05) is 20.3 Å². The first-order chi connectivity index (χ1) is 14.1. The van der Waals surface area contributed by atoms with Crippen LogP contribution < -0.4 is 16.2 Å². The molecule has 1 fully saturated rings. The summed E-state index contributed by atoms with van der Waals surface area (Å²) in [4.78, 5) is 24.0. The van der Waals surface area contributed by atoms with Crippen molar-refractivity contribution in [2.75, 3.05) is 11.5 Å². The second-order valence-electron chi connectivity index (χ2n) is 7.29. The molecule has 0 unspecified atom stereocenters. The van der Waals surface area contributed by atoms with Crippen LogP contribution in [0.5, 0.6) is 0 Å². The van der Waals surface area contributed by atoms with Crippen LogP contribution >= 0.6 is 0 Å². The number of carbonyl (C=O) groups is 1. The Kier molecular flexibility index (Phi) is 6.24. The Morgan fingerprint density at radius 3 is 2.70 bits per heavy atom. The largest absolute Gasteiger partial charge is 0.387 e. The fourth-order valence-electron chi connectivity index (χ4n) is 3.14. The van der Waals surface area contributed by atoms with E-state index in [9.17, 15) is 23.4 Å². The van der Waals surface area contributed by atoms with E-state index in [1.165, 1.54) is 17.2 Å². The van der Waals surface area contributed by atoms with Crippen molar-refractivity contribution in [3.05, 3.63) is 12.7 Å². The lowest BCUT2D eigenvalue weighted by molar-refractivity contribution is -0.121. The fraction of sp³-hybridized carbons (Fsp3) is 0.625. The summed E-state index contributed by atoms with van der Waals surface area (Å²) in [6.07, 6.45) is -2.41. The van der Waals surface area contributed by atoms with Gasteiger partial charge in [0.2, 0.25) is 10.0 Å². The minimum Gasteiger partial charge on any atom is -0.387 e. The van der Waals surface area contributed by atoms with E-state index in [0.29, 0.717) is 6.42 Å². The standard InChI is InChI=1S/C16H25N7O6S/c1-3-7(2)9(17)15(26)22-30(27,28)4-8-11(24)12(25)16(29-8)23-6-21-10-13(18)19-5-20-14(10)23/h5-9,11-12,16,24-25H,3-4,17H2,1-2H3,(H,22,26)(H2,18,19,20)/t7-,8+,9-,11+,12+,16+/m0/s1. The molecule has 1 aliphatic rings. The first kappa shape index (κ1) is 22.3. The van der Waals surface area contributed by atoms with Gasteiger partial charge in [0.25, 0.3) is 5.91 Å². The molecule has 7 N–H and O–H groups in total. The minimum absolute atomic E-state index is 0.117. The molecule has 14 heteroatoms. The van der Waals surface area contributed by atoms with Crippen molar-refractivity contribution in [1.82, 2.24) is 24.2 Å². The highest BCUT2D eigenvalue weighted by molar-refractivity contribution is 7.90. The Balaban J connectivity index is 1.75. The Morgan fingerprint density at radius 2 is 2.03 bits per heavy atom. The first-order valence-electron chi connectivity index (χ1n) is 9.30. The third-order valence-electron chi connectivity index (χ3n) is 5.20. The number of aliphatic hydroxyl groups excluding tert-OH is 2. The number of nitrogens with zero attached hydrogens (tertiary/aromatic N) is 4. The van der Waals surface area contributed by atoms with Gasteiger partial charge in [-0.2, -0.15) is 0 Å². The second-order valence-corrected chi connectivity index (χ2v) is 9.06. The van der Waals surface area contributed by atoms with E-state index in [2.05, 4.69) is 15.0 Å². The van der Waals surface area contributed by atoms with E-state index in [1.807, 2.05) is 11.6 Å². The van der Waals surface area contributed by atoms with Crippen LogP contribution in [0.15, 0.2) is 12.7 Å². The van der Waals surface area contributed by atoms with Gasteiger partial charge in [0.05, 0.1) is 18.1 Å². The van der Waals surface area contributed by atoms with E-state index >= 15 is 0 Å². The Hall–Kier alpha value is -2.39. The quantitative estimate of drug-likeness (QED) is 0.311. The smallest absolute Gasteiger partial charge is 0.250 e. The zero-order valence-corrected chi connectivity index (χ0v) is 17.2. The van der Waals surface area contributed by atoms with Crippen molar-refractivity contribution in [2.45, 2.75) is 50.8 Å². The highest BCUT2D eigenvalue weighted by Crippen LogP contribution is 2.32. The van der Waals surface area contributed by atoms with E-state index in [1.54, 1.807) is 6.92 Å². The van der Waals surface area contributed by atoms with Crippen LogP contribution in [0.25, 0.3) is 11.2 Å². The topological polar surface area (TPSA) is 209 Å². The number of fused-ring (bicyclic) bond motifs is 1. The molecule has 0 bridgehead atoms. The minimum atomic E-state index is -4.19. The van der Waals surface area contributed by atoms with Gasteiger partial charge in [0.15, 0.2) is 17.7 Å². The third-order valence-corrected chi connectivity index (χ3v) is 6.48. The van der Waals surface area contributed by atoms with Crippen molar-refractivity contribution >= 4 is 32.9 Å². The molecule has 2 aromatic rings. The Bertz CT molecular complexity index is 1030. The molecular weight excluding hydrogens is 418 g/mol.